The van der Waals surface area contributed by atoms with E-state index in [2.05, 4.69) is 0 Å². The monoisotopic (exact) mass is 322 g/mol. The predicted octanol–water partition coefficient (Wildman–Crippen LogP) is 2.56. The summed E-state index contributed by atoms with van der Waals surface area (Å²) in [6.45, 7) is 4.03. The van der Waals surface area contributed by atoms with Gasteiger partial charge in [-0.15, -0.1) is 0 Å². The third kappa shape index (κ3) is 3.65. The summed E-state index contributed by atoms with van der Waals surface area (Å²) < 4.78 is 29.6. The lowest BCUT2D eigenvalue weighted by atomic mass is 10.0. The summed E-state index contributed by atoms with van der Waals surface area (Å²) in [5, 5.41) is 18.5. The molecule has 0 aliphatic rings. The molecule has 0 atom stereocenters. The van der Waals surface area contributed by atoms with Crippen molar-refractivity contribution in [2.75, 3.05) is 0 Å². The average Bonchev–Trinajstić information content (AvgIpc) is 2.47. The first-order valence-corrected chi connectivity index (χ1v) is 8.21. The Hall–Kier alpha value is -1.89. The summed E-state index contributed by atoms with van der Waals surface area (Å²) in [4.78, 5) is 0.0131. The van der Waals surface area contributed by atoms with Gasteiger partial charge in [-0.05, 0) is 29.7 Å². The van der Waals surface area contributed by atoms with E-state index in [1.165, 1.54) is 24.3 Å². The van der Waals surface area contributed by atoms with Gasteiger partial charge in [-0.1, -0.05) is 44.2 Å². The number of para-hydroxylation sites is 1. The average molecular weight is 322 g/mol. The number of rotatable bonds is 5. The molecular formula is C16H18O5S. The Balaban J connectivity index is 2.32. The highest BCUT2D eigenvalue weighted by Gasteiger charge is 2.20. The fourth-order valence-corrected chi connectivity index (χ4v) is 2.91. The standard InChI is InChI=1S/C16H18O5S/c1-11(2)12-7-9-13(10-8-12)22(19,20)21-15-6-4-3-5-14(15)16(17)18/h3-11,16-18H,1-2H3. The van der Waals surface area contributed by atoms with Crippen molar-refractivity contribution < 1.29 is 22.8 Å². The van der Waals surface area contributed by atoms with E-state index in [4.69, 9.17) is 4.18 Å². The first-order valence-electron chi connectivity index (χ1n) is 6.81. The first-order chi connectivity index (χ1) is 10.3. The Kier molecular flexibility index (Phi) is 4.85. The lowest BCUT2D eigenvalue weighted by molar-refractivity contribution is -0.0433. The summed E-state index contributed by atoms with van der Waals surface area (Å²) in [6, 6.07) is 12.3. The van der Waals surface area contributed by atoms with Crippen LogP contribution < -0.4 is 4.18 Å². The molecule has 0 bridgehead atoms. The van der Waals surface area contributed by atoms with Gasteiger partial charge in [0.1, 0.15) is 4.90 Å². The van der Waals surface area contributed by atoms with Crippen LogP contribution in [-0.4, -0.2) is 18.6 Å². The van der Waals surface area contributed by atoms with Gasteiger partial charge < -0.3 is 14.4 Å². The van der Waals surface area contributed by atoms with Crippen molar-refractivity contribution >= 4 is 10.1 Å². The molecule has 0 radical (unpaired) electrons. The lowest BCUT2D eigenvalue weighted by Crippen LogP contribution is -2.12. The zero-order valence-electron chi connectivity index (χ0n) is 12.3. The van der Waals surface area contributed by atoms with Crippen LogP contribution in [0.2, 0.25) is 0 Å². The molecule has 0 saturated carbocycles. The molecule has 118 valence electrons. The number of hydrogen-bond acceptors (Lipinski definition) is 5. The van der Waals surface area contributed by atoms with Crippen molar-refractivity contribution in [2.45, 2.75) is 31.0 Å². The number of aliphatic hydroxyl groups excluding tert-OH is 1. The Morgan fingerprint density at radius 1 is 0.955 bits per heavy atom. The second-order valence-electron chi connectivity index (χ2n) is 5.17. The molecule has 0 aliphatic carbocycles. The molecule has 2 aromatic rings. The van der Waals surface area contributed by atoms with Crippen molar-refractivity contribution in [2.24, 2.45) is 0 Å². The summed E-state index contributed by atoms with van der Waals surface area (Å²) in [7, 11) is -4.03. The van der Waals surface area contributed by atoms with Gasteiger partial charge in [0.15, 0.2) is 12.0 Å². The van der Waals surface area contributed by atoms with Gasteiger partial charge in [0.05, 0.1) is 5.56 Å². The molecule has 2 N–H and O–H groups in total. The van der Waals surface area contributed by atoms with Crippen LogP contribution in [0.15, 0.2) is 53.4 Å². The van der Waals surface area contributed by atoms with Crippen molar-refractivity contribution in [1.82, 2.24) is 0 Å². The van der Waals surface area contributed by atoms with Gasteiger partial charge in [-0.25, -0.2) is 0 Å². The second-order valence-corrected chi connectivity index (χ2v) is 6.72. The number of benzene rings is 2. The maximum Gasteiger partial charge on any atom is 0.339 e. The molecule has 0 amide bonds. The highest BCUT2D eigenvalue weighted by molar-refractivity contribution is 7.87. The minimum atomic E-state index is -4.03. The molecule has 0 heterocycles. The molecule has 0 unspecified atom stereocenters. The zero-order chi connectivity index (χ0) is 16.3. The Morgan fingerprint density at radius 2 is 1.55 bits per heavy atom. The molecule has 2 rings (SSSR count). The molecule has 0 aliphatic heterocycles. The topological polar surface area (TPSA) is 83.8 Å². The summed E-state index contributed by atoms with van der Waals surface area (Å²) >= 11 is 0. The highest BCUT2D eigenvalue weighted by atomic mass is 32.2. The van der Waals surface area contributed by atoms with Gasteiger partial charge in [-0.2, -0.15) is 8.42 Å². The fourth-order valence-electron chi connectivity index (χ4n) is 1.96. The third-order valence-electron chi connectivity index (χ3n) is 3.23. The van der Waals surface area contributed by atoms with Gasteiger partial charge in [0.2, 0.25) is 0 Å². The Labute approximate surface area is 129 Å². The van der Waals surface area contributed by atoms with E-state index in [1.807, 2.05) is 13.8 Å². The molecule has 0 aromatic heterocycles. The third-order valence-corrected chi connectivity index (χ3v) is 4.48. The lowest BCUT2D eigenvalue weighted by Gasteiger charge is -2.13. The van der Waals surface area contributed by atoms with Crippen LogP contribution in [0.25, 0.3) is 0 Å². The highest BCUT2D eigenvalue weighted by Crippen LogP contribution is 2.27. The summed E-state index contributed by atoms with van der Waals surface area (Å²) in [5.74, 6) is 0.188. The normalized spacial score (nSPS) is 11.9. The van der Waals surface area contributed by atoms with Crippen LogP contribution in [0.5, 0.6) is 5.75 Å². The molecule has 0 fully saturated rings. The van der Waals surface area contributed by atoms with Crippen LogP contribution in [0, 0.1) is 0 Å². The van der Waals surface area contributed by atoms with Crippen molar-refractivity contribution in [3.05, 3.63) is 59.7 Å². The minimum absolute atomic E-state index is 0.00937. The van der Waals surface area contributed by atoms with E-state index in [-0.39, 0.29) is 16.2 Å². The fraction of sp³-hybridized carbons (Fsp3) is 0.250. The van der Waals surface area contributed by atoms with Crippen LogP contribution >= 0.6 is 0 Å². The molecule has 6 heteroatoms. The van der Waals surface area contributed by atoms with Crippen LogP contribution in [-0.2, 0) is 10.1 Å². The van der Waals surface area contributed by atoms with Gasteiger partial charge in [-0.3, -0.25) is 0 Å². The maximum atomic E-state index is 12.3. The van der Waals surface area contributed by atoms with Crippen LogP contribution in [0.3, 0.4) is 0 Å². The molecule has 0 spiro atoms. The zero-order valence-corrected chi connectivity index (χ0v) is 13.1. The molecular weight excluding hydrogens is 304 g/mol. The van der Waals surface area contributed by atoms with Crippen molar-refractivity contribution in [3.8, 4) is 5.75 Å². The smallest absolute Gasteiger partial charge is 0.339 e. The van der Waals surface area contributed by atoms with Gasteiger partial charge in [0.25, 0.3) is 0 Å². The maximum absolute atomic E-state index is 12.3. The second kappa shape index (κ2) is 6.48. The summed E-state index contributed by atoms with van der Waals surface area (Å²) in [6.07, 6.45) is -1.81. The van der Waals surface area contributed by atoms with E-state index < -0.39 is 16.4 Å². The van der Waals surface area contributed by atoms with Crippen LogP contribution in [0.1, 0.15) is 37.2 Å². The quantitative estimate of drug-likeness (QED) is 0.653. The number of hydrogen-bond donors (Lipinski definition) is 2. The summed E-state index contributed by atoms with van der Waals surface area (Å²) in [5.41, 5.74) is 1.01. The Morgan fingerprint density at radius 3 is 2.09 bits per heavy atom. The van der Waals surface area contributed by atoms with E-state index >= 15 is 0 Å². The minimum Gasteiger partial charge on any atom is -0.378 e. The largest absolute Gasteiger partial charge is 0.378 e. The van der Waals surface area contributed by atoms with Gasteiger partial charge >= 0.3 is 10.1 Å². The van der Waals surface area contributed by atoms with Crippen LogP contribution in [0.4, 0.5) is 0 Å². The molecule has 2 aromatic carbocycles. The molecule has 0 saturated heterocycles. The van der Waals surface area contributed by atoms with Crippen molar-refractivity contribution in [1.29, 1.82) is 0 Å². The SMILES string of the molecule is CC(C)c1ccc(S(=O)(=O)Oc2ccccc2C(O)O)cc1. The van der Waals surface area contributed by atoms with E-state index in [9.17, 15) is 18.6 Å². The van der Waals surface area contributed by atoms with E-state index in [0.717, 1.165) is 5.56 Å². The number of aliphatic hydroxyl groups is 2. The van der Waals surface area contributed by atoms with E-state index in [1.54, 1.807) is 24.3 Å². The molecule has 22 heavy (non-hydrogen) atoms. The Bertz CT molecular complexity index is 733. The van der Waals surface area contributed by atoms with Gasteiger partial charge in [0, 0.05) is 0 Å². The molecule has 5 nitrogen and oxygen atoms in total. The van der Waals surface area contributed by atoms with E-state index in [0.29, 0.717) is 5.92 Å². The first kappa shape index (κ1) is 16.5. The van der Waals surface area contributed by atoms with Crippen molar-refractivity contribution in [3.63, 3.8) is 0 Å². The predicted molar refractivity (Wildman–Crippen MR) is 82.0 cm³/mol.